The molecule has 3 heterocycles. The van der Waals surface area contributed by atoms with Crippen molar-refractivity contribution < 1.29 is 0 Å². The molecule has 100 valence electrons. The molecular weight excluding hydrogens is 256 g/mol. The molecule has 0 aromatic carbocycles. The molecule has 0 bridgehead atoms. The molecule has 0 spiro atoms. The molecule has 0 atom stereocenters. The van der Waals surface area contributed by atoms with Gasteiger partial charge in [-0.2, -0.15) is 0 Å². The van der Waals surface area contributed by atoms with Gasteiger partial charge in [0, 0.05) is 12.4 Å². The van der Waals surface area contributed by atoms with Crippen molar-refractivity contribution in [1.29, 1.82) is 5.41 Å². The second-order valence-electron chi connectivity index (χ2n) is 4.08. The number of amidine groups is 1. The molecule has 0 aliphatic rings. The fraction of sp³-hybridized carbons (Fsp3) is 0.0833. The fourth-order valence-corrected chi connectivity index (χ4v) is 1.90. The predicted octanol–water partition coefficient (Wildman–Crippen LogP) is 0.644. The summed E-state index contributed by atoms with van der Waals surface area (Å²) < 4.78 is 0. The summed E-state index contributed by atoms with van der Waals surface area (Å²) in [5.41, 5.74) is 7.99. The number of rotatable bonds is 4. The first-order valence-corrected chi connectivity index (χ1v) is 5.92. The Morgan fingerprint density at radius 2 is 2.05 bits per heavy atom. The molecular formula is C12H12N8. The van der Waals surface area contributed by atoms with Crippen molar-refractivity contribution in [3.63, 3.8) is 0 Å². The van der Waals surface area contributed by atoms with Gasteiger partial charge in [-0.05, 0) is 6.07 Å². The third kappa shape index (κ3) is 2.14. The highest BCUT2D eigenvalue weighted by Gasteiger charge is 2.13. The van der Waals surface area contributed by atoms with E-state index in [4.69, 9.17) is 11.1 Å². The number of anilines is 1. The Morgan fingerprint density at radius 3 is 2.80 bits per heavy atom. The standard InChI is InChI=1S/C12H12N8/c13-11(14)9-7(4-18-12-10(9)19-6-20-12)17-5-8-15-2-1-3-16-8/h1-4,6,17H,5H2,(H3,13,14)(H,18,19,20). The minimum Gasteiger partial charge on any atom is -0.384 e. The van der Waals surface area contributed by atoms with Crippen LogP contribution >= 0.6 is 0 Å². The van der Waals surface area contributed by atoms with Gasteiger partial charge in [-0.3, -0.25) is 5.41 Å². The Balaban J connectivity index is 1.94. The topological polar surface area (TPSA) is 129 Å². The number of nitrogens with one attached hydrogen (secondary N) is 3. The van der Waals surface area contributed by atoms with Gasteiger partial charge in [0.2, 0.25) is 0 Å². The number of nitrogen functional groups attached to an aromatic ring is 1. The summed E-state index contributed by atoms with van der Waals surface area (Å²) in [5.74, 6) is 0.588. The summed E-state index contributed by atoms with van der Waals surface area (Å²) in [7, 11) is 0. The number of aromatic nitrogens is 5. The van der Waals surface area contributed by atoms with Crippen LogP contribution in [0.2, 0.25) is 0 Å². The second kappa shape index (κ2) is 4.92. The summed E-state index contributed by atoms with van der Waals surface area (Å²) >= 11 is 0. The molecule has 0 saturated heterocycles. The highest BCUT2D eigenvalue weighted by Crippen LogP contribution is 2.21. The lowest BCUT2D eigenvalue weighted by Gasteiger charge is -2.10. The summed E-state index contributed by atoms with van der Waals surface area (Å²) in [6, 6.07) is 1.75. The number of hydrogen-bond acceptors (Lipinski definition) is 6. The molecule has 0 amide bonds. The zero-order valence-corrected chi connectivity index (χ0v) is 10.5. The van der Waals surface area contributed by atoms with E-state index < -0.39 is 0 Å². The van der Waals surface area contributed by atoms with Gasteiger partial charge in [0.15, 0.2) is 5.65 Å². The van der Waals surface area contributed by atoms with E-state index in [1.165, 1.54) is 6.33 Å². The monoisotopic (exact) mass is 268 g/mol. The lowest BCUT2D eigenvalue weighted by Crippen LogP contribution is -2.16. The van der Waals surface area contributed by atoms with Crippen molar-refractivity contribution in [3.05, 3.63) is 42.4 Å². The van der Waals surface area contributed by atoms with Crippen molar-refractivity contribution in [2.24, 2.45) is 5.73 Å². The number of nitrogens with two attached hydrogens (primary N) is 1. The highest BCUT2D eigenvalue weighted by molar-refractivity contribution is 6.09. The van der Waals surface area contributed by atoms with Gasteiger partial charge in [0.25, 0.3) is 0 Å². The zero-order valence-electron chi connectivity index (χ0n) is 10.5. The third-order valence-corrected chi connectivity index (χ3v) is 2.78. The first kappa shape index (κ1) is 12.0. The van der Waals surface area contributed by atoms with Gasteiger partial charge in [-0.1, -0.05) is 0 Å². The molecule has 0 unspecified atom stereocenters. The minimum atomic E-state index is -0.0573. The SMILES string of the molecule is N=C(N)c1c(NCc2ncccn2)cnc2nc[nH]c12. The number of H-pyrrole nitrogens is 1. The number of nitrogens with zero attached hydrogens (tertiary/aromatic N) is 4. The minimum absolute atomic E-state index is 0.0573. The Morgan fingerprint density at radius 1 is 1.25 bits per heavy atom. The molecule has 3 rings (SSSR count). The van der Waals surface area contributed by atoms with Gasteiger partial charge in [-0.25, -0.2) is 19.9 Å². The van der Waals surface area contributed by atoms with Crippen molar-refractivity contribution >= 4 is 22.7 Å². The zero-order chi connectivity index (χ0) is 13.9. The molecule has 0 radical (unpaired) electrons. The highest BCUT2D eigenvalue weighted by atomic mass is 15.0. The average molecular weight is 268 g/mol. The van der Waals surface area contributed by atoms with Crippen molar-refractivity contribution in [3.8, 4) is 0 Å². The first-order chi connectivity index (χ1) is 9.75. The number of pyridine rings is 1. The van der Waals surface area contributed by atoms with Crippen molar-refractivity contribution in [2.45, 2.75) is 6.54 Å². The molecule has 0 saturated carbocycles. The van der Waals surface area contributed by atoms with E-state index in [-0.39, 0.29) is 5.84 Å². The Kier molecular flexibility index (Phi) is 2.96. The van der Waals surface area contributed by atoms with E-state index in [1.807, 2.05) is 0 Å². The van der Waals surface area contributed by atoms with E-state index in [2.05, 4.69) is 30.2 Å². The lowest BCUT2D eigenvalue weighted by molar-refractivity contribution is 0.947. The lowest BCUT2D eigenvalue weighted by atomic mass is 10.2. The number of hydrogen-bond donors (Lipinski definition) is 4. The van der Waals surface area contributed by atoms with Crippen LogP contribution in [0.5, 0.6) is 0 Å². The van der Waals surface area contributed by atoms with E-state index in [1.54, 1.807) is 24.7 Å². The smallest absolute Gasteiger partial charge is 0.178 e. The molecule has 3 aromatic rings. The van der Waals surface area contributed by atoms with Crippen LogP contribution < -0.4 is 11.1 Å². The molecule has 8 heteroatoms. The van der Waals surface area contributed by atoms with Crippen LogP contribution in [-0.2, 0) is 6.54 Å². The number of fused-ring (bicyclic) bond motifs is 1. The summed E-state index contributed by atoms with van der Waals surface area (Å²) in [4.78, 5) is 19.4. The quantitative estimate of drug-likeness (QED) is 0.406. The molecule has 0 fully saturated rings. The number of aromatic amines is 1. The maximum atomic E-state index is 7.71. The summed E-state index contributed by atoms with van der Waals surface area (Å²) in [6.07, 6.45) is 6.47. The maximum absolute atomic E-state index is 7.71. The Labute approximate surface area is 114 Å². The van der Waals surface area contributed by atoms with Gasteiger partial charge >= 0.3 is 0 Å². The van der Waals surface area contributed by atoms with E-state index in [0.717, 1.165) is 0 Å². The van der Waals surface area contributed by atoms with Crippen molar-refractivity contribution in [2.75, 3.05) is 5.32 Å². The molecule has 5 N–H and O–H groups in total. The van der Waals surface area contributed by atoms with Gasteiger partial charge in [-0.15, -0.1) is 0 Å². The first-order valence-electron chi connectivity index (χ1n) is 5.92. The molecule has 8 nitrogen and oxygen atoms in total. The fourth-order valence-electron chi connectivity index (χ4n) is 1.90. The summed E-state index contributed by atoms with van der Waals surface area (Å²) in [5, 5.41) is 10.8. The third-order valence-electron chi connectivity index (χ3n) is 2.78. The van der Waals surface area contributed by atoms with Crippen LogP contribution in [0, 0.1) is 5.41 Å². The van der Waals surface area contributed by atoms with Crippen molar-refractivity contribution in [1.82, 2.24) is 24.9 Å². The van der Waals surface area contributed by atoms with Crippen LogP contribution in [-0.4, -0.2) is 30.8 Å². The summed E-state index contributed by atoms with van der Waals surface area (Å²) in [6.45, 7) is 0.419. The average Bonchev–Trinajstić information content (AvgIpc) is 2.93. The van der Waals surface area contributed by atoms with Gasteiger partial charge < -0.3 is 16.0 Å². The second-order valence-corrected chi connectivity index (χ2v) is 4.08. The Bertz CT molecular complexity index is 748. The van der Waals surface area contributed by atoms with E-state index >= 15 is 0 Å². The normalized spacial score (nSPS) is 10.6. The van der Waals surface area contributed by atoms with Crippen LogP contribution in [0.1, 0.15) is 11.4 Å². The van der Waals surface area contributed by atoms with Crippen LogP contribution in [0.4, 0.5) is 5.69 Å². The van der Waals surface area contributed by atoms with E-state index in [0.29, 0.717) is 34.8 Å². The molecule has 0 aliphatic heterocycles. The molecule has 20 heavy (non-hydrogen) atoms. The maximum Gasteiger partial charge on any atom is 0.178 e. The number of imidazole rings is 1. The Hall–Kier alpha value is -3.03. The predicted molar refractivity (Wildman–Crippen MR) is 74.3 cm³/mol. The molecule has 0 aliphatic carbocycles. The van der Waals surface area contributed by atoms with E-state index in [9.17, 15) is 0 Å². The largest absolute Gasteiger partial charge is 0.384 e. The van der Waals surface area contributed by atoms with Crippen LogP contribution in [0.15, 0.2) is 31.0 Å². The van der Waals surface area contributed by atoms with Crippen LogP contribution in [0.25, 0.3) is 11.2 Å². The van der Waals surface area contributed by atoms with Crippen LogP contribution in [0.3, 0.4) is 0 Å². The van der Waals surface area contributed by atoms with Gasteiger partial charge in [0.05, 0.1) is 35.8 Å². The molecule has 3 aromatic heterocycles. The van der Waals surface area contributed by atoms with Gasteiger partial charge in [0.1, 0.15) is 11.7 Å².